The highest BCUT2D eigenvalue weighted by Crippen LogP contribution is 2.04. The van der Waals surface area contributed by atoms with Gasteiger partial charge in [-0.05, 0) is 12.1 Å². The van der Waals surface area contributed by atoms with E-state index in [9.17, 15) is 4.79 Å². The maximum Gasteiger partial charge on any atom is 0.250 e. The largest absolute Gasteiger partial charge is 0.394 e. The molecule has 0 fully saturated rings. The van der Waals surface area contributed by atoms with Gasteiger partial charge in [0.05, 0.1) is 18.8 Å². The predicted octanol–water partition coefficient (Wildman–Crippen LogP) is -3.40. The van der Waals surface area contributed by atoms with E-state index in [1.807, 2.05) is 0 Å². The smallest absolute Gasteiger partial charge is 0.250 e. The monoisotopic (exact) mass is 304 g/mol. The average molecular weight is 304 g/mol. The van der Waals surface area contributed by atoms with Crippen molar-refractivity contribution in [3.8, 4) is 0 Å². The third-order valence-corrected chi connectivity index (χ3v) is 2.46. The first kappa shape index (κ1) is 19.4. The van der Waals surface area contributed by atoms with Gasteiger partial charge >= 0.3 is 0 Å². The fourth-order valence-corrected chi connectivity index (χ4v) is 1.18. The van der Waals surface area contributed by atoms with Gasteiger partial charge in [-0.1, -0.05) is 0 Å². The highest BCUT2D eigenvalue weighted by molar-refractivity contribution is 5.92. The first-order valence-corrected chi connectivity index (χ1v) is 5.98. The van der Waals surface area contributed by atoms with E-state index in [0.29, 0.717) is 5.56 Å². The Bertz CT molecular complexity index is 390. The van der Waals surface area contributed by atoms with Gasteiger partial charge in [-0.15, -0.1) is 0 Å². The molecule has 9 heteroatoms. The summed E-state index contributed by atoms with van der Waals surface area (Å²) in [5.74, 6) is -0.442. The molecule has 4 atom stereocenters. The minimum atomic E-state index is -1.67. The fraction of sp³-hybridized carbons (Fsp3) is 0.500. The lowest BCUT2D eigenvalue weighted by molar-refractivity contribution is -0.123. The highest BCUT2D eigenvalue weighted by Gasteiger charge is 2.29. The summed E-state index contributed by atoms with van der Waals surface area (Å²) in [5, 5.41) is 52.2. The number of nitrogens with zero attached hydrogens (tertiary/aromatic N) is 1. The summed E-state index contributed by atoms with van der Waals surface area (Å²) in [4.78, 5) is 14.1. The van der Waals surface area contributed by atoms with Crippen LogP contribution in [0.4, 0.5) is 0 Å². The Balaban J connectivity index is 0.000000394. The molecule has 0 saturated carbocycles. The third kappa shape index (κ3) is 7.09. The number of rotatable bonds is 6. The molecule has 0 saturated heterocycles. The lowest BCUT2D eigenvalue weighted by atomic mass is 10.0. The van der Waals surface area contributed by atoms with Crippen LogP contribution in [-0.2, 0) is 0 Å². The van der Waals surface area contributed by atoms with E-state index in [4.69, 9.17) is 36.4 Å². The van der Waals surface area contributed by atoms with E-state index in [2.05, 4.69) is 4.98 Å². The fourth-order valence-electron chi connectivity index (χ4n) is 1.18. The molecule has 0 radical (unpaired) electrons. The second-order valence-electron chi connectivity index (χ2n) is 4.09. The molecule has 0 spiro atoms. The van der Waals surface area contributed by atoms with Crippen molar-refractivity contribution >= 4 is 5.91 Å². The number of pyridine rings is 1. The van der Waals surface area contributed by atoms with Crippen LogP contribution >= 0.6 is 0 Å². The molecule has 0 aliphatic carbocycles. The van der Waals surface area contributed by atoms with Gasteiger partial charge in [-0.3, -0.25) is 9.78 Å². The average Bonchev–Trinajstić information content (AvgIpc) is 2.53. The van der Waals surface area contributed by atoms with E-state index in [1.54, 1.807) is 18.3 Å². The van der Waals surface area contributed by atoms with Crippen molar-refractivity contribution in [3.05, 3.63) is 30.1 Å². The summed E-state index contributed by atoms with van der Waals surface area (Å²) in [7, 11) is 0. The quantitative estimate of drug-likeness (QED) is 0.284. The molecular weight excluding hydrogens is 284 g/mol. The molecule has 0 bridgehead atoms. The summed E-state index contributed by atoms with van der Waals surface area (Å²) in [5.41, 5.74) is 5.38. The number of aromatic nitrogens is 1. The Kier molecular flexibility index (Phi) is 9.37. The van der Waals surface area contributed by atoms with Crippen LogP contribution in [0.3, 0.4) is 0 Å². The number of nitrogens with two attached hydrogens (primary N) is 1. The number of hydrogen-bond acceptors (Lipinski definition) is 8. The van der Waals surface area contributed by atoms with Crippen molar-refractivity contribution in [1.29, 1.82) is 0 Å². The molecule has 0 aromatic carbocycles. The van der Waals surface area contributed by atoms with Crippen LogP contribution in [0.1, 0.15) is 10.4 Å². The topological polar surface area (TPSA) is 177 Å². The Morgan fingerprint density at radius 2 is 1.57 bits per heavy atom. The van der Waals surface area contributed by atoms with Crippen LogP contribution in [-0.4, -0.2) is 79.2 Å². The summed E-state index contributed by atoms with van der Waals surface area (Å²) < 4.78 is 0. The molecule has 1 aromatic rings. The molecule has 1 amide bonds. The predicted molar refractivity (Wildman–Crippen MR) is 71.0 cm³/mol. The van der Waals surface area contributed by atoms with Gasteiger partial charge in [0.15, 0.2) is 0 Å². The van der Waals surface area contributed by atoms with Crippen molar-refractivity contribution in [2.75, 3.05) is 13.2 Å². The number of carbonyl (C=O) groups excluding carboxylic acids is 1. The van der Waals surface area contributed by atoms with Crippen LogP contribution in [0, 0.1) is 0 Å². The summed E-state index contributed by atoms with van der Waals surface area (Å²) in [6.45, 7) is -1.45. The van der Waals surface area contributed by atoms with Crippen LogP contribution < -0.4 is 5.73 Å². The molecule has 1 heterocycles. The van der Waals surface area contributed by atoms with Gasteiger partial charge in [0, 0.05) is 12.4 Å². The number of aliphatic hydroxyl groups excluding tert-OH is 6. The molecule has 0 aliphatic rings. The molecule has 0 unspecified atom stereocenters. The first-order chi connectivity index (χ1) is 9.84. The highest BCUT2D eigenvalue weighted by atomic mass is 16.4. The molecule has 9 nitrogen and oxygen atoms in total. The first-order valence-electron chi connectivity index (χ1n) is 5.98. The molecule has 0 aliphatic heterocycles. The van der Waals surface area contributed by atoms with Crippen molar-refractivity contribution in [2.45, 2.75) is 24.4 Å². The van der Waals surface area contributed by atoms with Gasteiger partial charge in [0.25, 0.3) is 0 Å². The number of hydrogen-bond donors (Lipinski definition) is 7. The van der Waals surface area contributed by atoms with Crippen LogP contribution in [0.25, 0.3) is 0 Å². The second kappa shape index (κ2) is 10.2. The molecular formula is C12H20N2O7. The molecule has 1 aromatic heterocycles. The van der Waals surface area contributed by atoms with Crippen LogP contribution in [0.15, 0.2) is 24.5 Å². The van der Waals surface area contributed by atoms with E-state index in [-0.39, 0.29) is 0 Å². The standard InChI is InChI=1S/C6H6N2O.C6H14O6/c7-6(9)5-2-1-3-8-4-5;7-1-3(9)5(11)6(12)4(10)2-8/h1-4H,(H2,7,9);3-12H,1-2H2/t;3-,4-,5-,6-/m.1/s1. The zero-order valence-electron chi connectivity index (χ0n) is 11.1. The zero-order valence-corrected chi connectivity index (χ0v) is 11.1. The SMILES string of the molecule is NC(=O)c1cccnc1.OC[C@@H](O)[C@@H](O)[C@H](O)[C@H](O)CO. The van der Waals surface area contributed by atoms with Gasteiger partial charge < -0.3 is 36.4 Å². The van der Waals surface area contributed by atoms with E-state index in [0.717, 1.165) is 0 Å². The number of primary amides is 1. The van der Waals surface area contributed by atoms with Gasteiger partial charge in [0.1, 0.15) is 24.4 Å². The van der Waals surface area contributed by atoms with Crippen molar-refractivity contribution in [2.24, 2.45) is 5.73 Å². The summed E-state index contributed by atoms with van der Waals surface area (Å²) in [6, 6.07) is 3.29. The lowest BCUT2D eigenvalue weighted by Gasteiger charge is -2.24. The zero-order chi connectivity index (χ0) is 16.4. The van der Waals surface area contributed by atoms with Gasteiger partial charge in [0.2, 0.25) is 5.91 Å². The van der Waals surface area contributed by atoms with Crippen LogP contribution in [0.5, 0.6) is 0 Å². The molecule has 21 heavy (non-hydrogen) atoms. The number of aliphatic hydroxyl groups is 6. The lowest BCUT2D eigenvalue weighted by Crippen LogP contribution is -2.46. The van der Waals surface area contributed by atoms with Crippen LogP contribution in [0.2, 0.25) is 0 Å². The summed E-state index contributed by atoms with van der Waals surface area (Å²) >= 11 is 0. The molecule has 120 valence electrons. The maximum atomic E-state index is 10.4. The van der Waals surface area contributed by atoms with E-state index in [1.165, 1.54) is 6.20 Å². The maximum absolute atomic E-state index is 10.4. The van der Waals surface area contributed by atoms with Gasteiger partial charge in [-0.2, -0.15) is 0 Å². The normalized spacial score (nSPS) is 16.1. The minimum absolute atomic E-state index is 0.442. The Morgan fingerprint density at radius 1 is 1.10 bits per heavy atom. The molecule has 8 N–H and O–H groups in total. The van der Waals surface area contributed by atoms with Crippen molar-refractivity contribution in [3.63, 3.8) is 0 Å². The Hall–Kier alpha value is -1.62. The summed E-state index contributed by atoms with van der Waals surface area (Å²) in [6.07, 6.45) is -3.37. The third-order valence-electron chi connectivity index (χ3n) is 2.46. The van der Waals surface area contributed by atoms with Crippen molar-refractivity contribution in [1.82, 2.24) is 4.98 Å². The van der Waals surface area contributed by atoms with Crippen molar-refractivity contribution < 1.29 is 35.4 Å². The Morgan fingerprint density at radius 3 is 1.81 bits per heavy atom. The van der Waals surface area contributed by atoms with E-state index < -0.39 is 43.5 Å². The number of carbonyl (C=O) groups is 1. The van der Waals surface area contributed by atoms with Gasteiger partial charge in [-0.25, -0.2) is 0 Å². The number of amides is 1. The van der Waals surface area contributed by atoms with E-state index >= 15 is 0 Å². The molecule has 1 rings (SSSR count). The Labute approximate surface area is 120 Å². The minimum Gasteiger partial charge on any atom is -0.394 e. The second-order valence-corrected chi connectivity index (χ2v) is 4.09.